The van der Waals surface area contributed by atoms with Crippen LogP contribution in [-0.4, -0.2) is 17.9 Å². The van der Waals surface area contributed by atoms with E-state index in [0.29, 0.717) is 12.0 Å². The van der Waals surface area contributed by atoms with Gasteiger partial charge in [-0.3, -0.25) is 9.59 Å². The number of amides is 2. The number of carbonyl (C=O) groups excluding carboxylic acids is 2. The van der Waals surface area contributed by atoms with Crippen molar-refractivity contribution in [1.82, 2.24) is 5.32 Å². The highest BCUT2D eigenvalue weighted by atomic mass is 19.1. The van der Waals surface area contributed by atoms with Gasteiger partial charge in [0.15, 0.2) is 0 Å². The Hall–Kier alpha value is -3.21. The summed E-state index contributed by atoms with van der Waals surface area (Å²) in [5.74, 6) is -1.39. The lowest BCUT2D eigenvalue weighted by molar-refractivity contribution is -0.126. The van der Waals surface area contributed by atoms with Crippen molar-refractivity contribution in [2.24, 2.45) is 5.73 Å². The molecule has 26 heavy (non-hydrogen) atoms. The highest BCUT2D eigenvalue weighted by molar-refractivity contribution is 5.90. The molecule has 0 unspecified atom stereocenters. The van der Waals surface area contributed by atoms with Gasteiger partial charge in [0.05, 0.1) is 6.42 Å². The zero-order valence-electron chi connectivity index (χ0n) is 14.1. The number of primary amides is 1. The summed E-state index contributed by atoms with van der Waals surface area (Å²) in [6.45, 7) is 0. The Kier molecular flexibility index (Phi) is 5.27. The molecule has 0 aliphatic rings. The van der Waals surface area contributed by atoms with E-state index in [1.165, 1.54) is 12.1 Å². The minimum Gasteiger partial charge on any atom is -0.368 e. The third-order valence-corrected chi connectivity index (χ3v) is 4.24. The number of halogens is 1. The average molecular weight is 350 g/mol. The van der Waals surface area contributed by atoms with Crippen molar-refractivity contribution in [2.75, 3.05) is 0 Å². The first-order valence-corrected chi connectivity index (χ1v) is 8.32. The predicted octanol–water partition coefficient (Wildman–Crippen LogP) is 2.73. The molecule has 0 aliphatic heterocycles. The van der Waals surface area contributed by atoms with E-state index < -0.39 is 17.8 Å². The van der Waals surface area contributed by atoms with E-state index in [2.05, 4.69) is 5.32 Å². The fourth-order valence-corrected chi connectivity index (χ4v) is 2.99. The molecule has 0 heterocycles. The summed E-state index contributed by atoms with van der Waals surface area (Å²) in [7, 11) is 0. The highest BCUT2D eigenvalue weighted by Crippen LogP contribution is 2.19. The molecule has 3 rings (SSSR count). The SMILES string of the molecule is NC(=O)[C@H](Cc1cccc2ccccc12)NC(=O)Cc1cccc(F)c1. The Morgan fingerprint density at radius 2 is 1.73 bits per heavy atom. The zero-order valence-corrected chi connectivity index (χ0v) is 14.1. The van der Waals surface area contributed by atoms with Crippen LogP contribution in [0, 0.1) is 5.82 Å². The average Bonchev–Trinajstić information content (AvgIpc) is 2.61. The molecule has 0 spiro atoms. The molecule has 132 valence electrons. The lowest BCUT2D eigenvalue weighted by atomic mass is 9.98. The first-order chi connectivity index (χ1) is 12.5. The Labute approximate surface area is 150 Å². The topological polar surface area (TPSA) is 72.2 Å². The van der Waals surface area contributed by atoms with Gasteiger partial charge in [-0.05, 0) is 34.0 Å². The Bertz CT molecular complexity index is 950. The van der Waals surface area contributed by atoms with Crippen molar-refractivity contribution in [2.45, 2.75) is 18.9 Å². The molecule has 3 N–H and O–H groups in total. The van der Waals surface area contributed by atoms with Gasteiger partial charge < -0.3 is 11.1 Å². The molecule has 0 saturated heterocycles. The molecule has 3 aromatic rings. The van der Waals surface area contributed by atoms with Crippen molar-refractivity contribution < 1.29 is 14.0 Å². The van der Waals surface area contributed by atoms with Gasteiger partial charge in [-0.25, -0.2) is 4.39 Å². The monoisotopic (exact) mass is 350 g/mol. The minimum absolute atomic E-state index is 0.0168. The fourth-order valence-electron chi connectivity index (χ4n) is 2.99. The third-order valence-electron chi connectivity index (χ3n) is 4.24. The number of rotatable bonds is 6. The number of fused-ring (bicyclic) bond motifs is 1. The molecule has 0 radical (unpaired) electrons. The van der Waals surface area contributed by atoms with E-state index >= 15 is 0 Å². The van der Waals surface area contributed by atoms with Gasteiger partial charge in [0.2, 0.25) is 11.8 Å². The molecule has 1 atom stereocenters. The summed E-state index contributed by atoms with van der Waals surface area (Å²) >= 11 is 0. The van der Waals surface area contributed by atoms with E-state index in [9.17, 15) is 14.0 Å². The van der Waals surface area contributed by atoms with Crippen LogP contribution in [0.1, 0.15) is 11.1 Å². The van der Waals surface area contributed by atoms with Gasteiger partial charge in [0.1, 0.15) is 11.9 Å². The van der Waals surface area contributed by atoms with Crippen LogP contribution < -0.4 is 11.1 Å². The van der Waals surface area contributed by atoms with Crippen molar-refractivity contribution in [1.29, 1.82) is 0 Å². The van der Waals surface area contributed by atoms with Gasteiger partial charge in [-0.2, -0.15) is 0 Å². The molecule has 0 saturated carbocycles. The molecule has 4 nitrogen and oxygen atoms in total. The molecule has 5 heteroatoms. The Morgan fingerprint density at radius 3 is 2.50 bits per heavy atom. The van der Waals surface area contributed by atoms with Gasteiger partial charge >= 0.3 is 0 Å². The summed E-state index contributed by atoms with van der Waals surface area (Å²) < 4.78 is 13.2. The quantitative estimate of drug-likeness (QED) is 0.717. The van der Waals surface area contributed by atoms with E-state index in [4.69, 9.17) is 5.73 Å². The predicted molar refractivity (Wildman–Crippen MR) is 98.9 cm³/mol. The van der Waals surface area contributed by atoms with Crippen LogP contribution in [0.15, 0.2) is 66.7 Å². The second-order valence-electron chi connectivity index (χ2n) is 6.17. The zero-order chi connectivity index (χ0) is 18.5. The molecule has 0 aromatic heterocycles. The van der Waals surface area contributed by atoms with E-state index in [-0.39, 0.29) is 12.3 Å². The van der Waals surface area contributed by atoms with Crippen molar-refractivity contribution in [3.8, 4) is 0 Å². The van der Waals surface area contributed by atoms with Gasteiger partial charge in [0, 0.05) is 6.42 Å². The third kappa shape index (κ3) is 4.25. The molecule has 0 aliphatic carbocycles. The number of benzene rings is 3. The van der Waals surface area contributed by atoms with Crippen LogP contribution in [-0.2, 0) is 22.4 Å². The van der Waals surface area contributed by atoms with Crippen molar-refractivity contribution in [3.05, 3.63) is 83.7 Å². The number of hydrogen-bond donors (Lipinski definition) is 2. The molecule has 3 aromatic carbocycles. The molecular formula is C21H19FN2O2. The van der Waals surface area contributed by atoms with Gasteiger partial charge in [-0.1, -0.05) is 54.6 Å². The number of nitrogens with one attached hydrogen (secondary N) is 1. The van der Waals surface area contributed by atoms with Crippen LogP contribution in [0.3, 0.4) is 0 Å². The van der Waals surface area contributed by atoms with Crippen molar-refractivity contribution in [3.63, 3.8) is 0 Å². The van der Waals surface area contributed by atoms with Crippen molar-refractivity contribution >= 4 is 22.6 Å². The van der Waals surface area contributed by atoms with Crippen LogP contribution >= 0.6 is 0 Å². The van der Waals surface area contributed by atoms with Crippen LogP contribution in [0.4, 0.5) is 4.39 Å². The van der Waals surface area contributed by atoms with Crippen LogP contribution in [0.25, 0.3) is 10.8 Å². The lowest BCUT2D eigenvalue weighted by Crippen LogP contribution is -2.46. The lowest BCUT2D eigenvalue weighted by Gasteiger charge is -2.17. The summed E-state index contributed by atoms with van der Waals surface area (Å²) in [5.41, 5.74) is 6.95. The van der Waals surface area contributed by atoms with E-state index in [1.807, 2.05) is 42.5 Å². The molecule has 2 amide bonds. The number of hydrogen-bond acceptors (Lipinski definition) is 2. The normalized spacial score (nSPS) is 11.9. The first-order valence-electron chi connectivity index (χ1n) is 8.32. The standard InChI is InChI=1S/C21H19FN2O2/c22-17-9-3-5-14(11-17)12-20(25)24-19(21(23)26)13-16-8-4-7-15-6-1-2-10-18(15)16/h1-11,19H,12-13H2,(H2,23,26)(H,24,25)/t19-/m0/s1. The molecule has 0 bridgehead atoms. The smallest absolute Gasteiger partial charge is 0.240 e. The minimum atomic E-state index is -0.832. The molecular weight excluding hydrogens is 331 g/mol. The largest absolute Gasteiger partial charge is 0.368 e. The summed E-state index contributed by atoms with van der Waals surface area (Å²) in [4.78, 5) is 24.1. The van der Waals surface area contributed by atoms with Crippen LogP contribution in [0.5, 0.6) is 0 Å². The van der Waals surface area contributed by atoms with E-state index in [1.54, 1.807) is 12.1 Å². The fraction of sp³-hybridized carbons (Fsp3) is 0.143. The Morgan fingerprint density at radius 1 is 1.00 bits per heavy atom. The maximum absolute atomic E-state index is 13.2. The maximum atomic E-state index is 13.2. The second-order valence-corrected chi connectivity index (χ2v) is 6.17. The number of nitrogens with two attached hydrogens (primary N) is 1. The molecule has 0 fully saturated rings. The Balaban J connectivity index is 1.75. The summed E-state index contributed by atoms with van der Waals surface area (Å²) in [6.07, 6.45) is 0.280. The van der Waals surface area contributed by atoms with Gasteiger partial charge in [-0.15, -0.1) is 0 Å². The first kappa shape index (κ1) is 17.6. The maximum Gasteiger partial charge on any atom is 0.240 e. The summed E-state index contributed by atoms with van der Waals surface area (Å²) in [6, 6.07) is 18.6. The highest BCUT2D eigenvalue weighted by Gasteiger charge is 2.19. The van der Waals surface area contributed by atoms with Crippen LogP contribution in [0.2, 0.25) is 0 Å². The summed E-state index contributed by atoms with van der Waals surface area (Å²) in [5, 5.41) is 4.73. The second kappa shape index (κ2) is 7.78. The van der Waals surface area contributed by atoms with Gasteiger partial charge in [0.25, 0.3) is 0 Å². The number of carbonyl (C=O) groups is 2. The van der Waals surface area contributed by atoms with E-state index in [0.717, 1.165) is 16.3 Å².